The SMILES string of the molecule is O=C(COC(=O)[C@@H]1CC(=O)N(c2ccc(Br)cc2)C1)Nc1ccc(F)cc1. The highest BCUT2D eigenvalue weighted by Crippen LogP contribution is 2.27. The lowest BCUT2D eigenvalue weighted by atomic mass is 10.1. The number of rotatable bonds is 5. The third-order valence-electron chi connectivity index (χ3n) is 4.07. The van der Waals surface area contributed by atoms with E-state index in [4.69, 9.17) is 4.74 Å². The lowest BCUT2D eigenvalue weighted by Gasteiger charge is -2.16. The van der Waals surface area contributed by atoms with Crippen LogP contribution in [0.3, 0.4) is 0 Å². The Morgan fingerprint density at radius 3 is 2.48 bits per heavy atom. The van der Waals surface area contributed by atoms with Crippen LogP contribution in [0.1, 0.15) is 6.42 Å². The maximum Gasteiger partial charge on any atom is 0.311 e. The molecule has 0 aromatic heterocycles. The van der Waals surface area contributed by atoms with Crippen LogP contribution in [0.2, 0.25) is 0 Å². The van der Waals surface area contributed by atoms with Crippen molar-refractivity contribution in [2.45, 2.75) is 6.42 Å². The zero-order chi connectivity index (χ0) is 19.4. The Morgan fingerprint density at radius 1 is 1.15 bits per heavy atom. The fourth-order valence-corrected chi connectivity index (χ4v) is 2.99. The largest absolute Gasteiger partial charge is 0.455 e. The number of carbonyl (C=O) groups excluding carboxylic acids is 3. The van der Waals surface area contributed by atoms with E-state index in [1.807, 2.05) is 12.1 Å². The van der Waals surface area contributed by atoms with Gasteiger partial charge in [-0.3, -0.25) is 14.4 Å². The van der Waals surface area contributed by atoms with Gasteiger partial charge in [-0.15, -0.1) is 0 Å². The summed E-state index contributed by atoms with van der Waals surface area (Å²) in [5.74, 6) is -2.35. The van der Waals surface area contributed by atoms with Crippen LogP contribution in [0.5, 0.6) is 0 Å². The van der Waals surface area contributed by atoms with Crippen molar-refractivity contribution >= 4 is 45.1 Å². The maximum absolute atomic E-state index is 12.8. The van der Waals surface area contributed by atoms with E-state index in [0.717, 1.165) is 4.47 Å². The minimum atomic E-state index is -0.625. The van der Waals surface area contributed by atoms with Crippen LogP contribution in [0.4, 0.5) is 15.8 Å². The van der Waals surface area contributed by atoms with Gasteiger partial charge >= 0.3 is 5.97 Å². The van der Waals surface area contributed by atoms with E-state index in [-0.39, 0.29) is 18.9 Å². The normalized spacial score (nSPS) is 16.3. The number of esters is 1. The van der Waals surface area contributed by atoms with Gasteiger partial charge in [-0.05, 0) is 48.5 Å². The number of nitrogens with one attached hydrogen (secondary N) is 1. The van der Waals surface area contributed by atoms with Gasteiger partial charge in [0.25, 0.3) is 5.91 Å². The lowest BCUT2D eigenvalue weighted by Crippen LogP contribution is -2.28. The monoisotopic (exact) mass is 434 g/mol. The van der Waals surface area contributed by atoms with Gasteiger partial charge in [-0.25, -0.2) is 4.39 Å². The minimum Gasteiger partial charge on any atom is -0.455 e. The van der Waals surface area contributed by atoms with Crippen molar-refractivity contribution < 1.29 is 23.5 Å². The number of benzene rings is 2. The first kappa shape index (κ1) is 19.0. The minimum absolute atomic E-state index is 0.0362. The van der Waals surface area contributed by atoms with Gasteiger partial charge < -0.3 is 15.0 Å². The molecule has 0 spiro atoms. The fourth-order valence-electron chi connectivity index (χ4n) is 2.72. The first-order valence-electron chi connectivity index (χ1n) is 8.20. The third-order valence-corrected chi connectivity index (χ3v) is 4.60. The zero-order valence-corrected chi connectivity index (χ0v) is 15.7. The highest BCUT2D eigenvalue weighted by Gasteiger charge is 2.36. The molecule has 0 aliphatic carbocycles. The van der Waals surface area contributed by atoms with Crippen LogP contribution < -0.4 is 10.2 Å². The molecule has 27 heavy (non-hydrogen) atoms. The summed E-state index contributed by atoms with van der Waals surface area (Å²) in [6.45, 7) is -0.266. The highest BCUT2D eigenvalue weighted by molar-refractivity contribution is 9.10. The molecule has 0 saturated carbocycles. The van der Waals surface area contributed by atoms with Crippen LogP contribution in [0, 0.1) is 11.7 Å². The third kappa shape index (κ3) is 4.91. The van der Waals surface area contributed by atoms with Crippen molar-refractivity contribution in [1.82, 2.24) is 0 Å². The van der Waals surface area contributed by atoms with Gasteiger partial charge in [-0.1, -0.05) is 15.9 Å². The summed E-state index contributed by atoms with van der Waals surface area (Å²) in [7, 11) is 0. The Kier molecular flexibility index (Phi) is 5.85. The molecule has 0 unspecified atom stereocenters. The van der Waals surface area contributed by atoms with Crippen molar-refractivity contribution in [3.63, 3.8) is 0 Å². The summed E-state index contributed by atoms with van der Waals surface area (Å²) in [4.78, 5) is 37.7. The second kappa shape index (κ2) is 8.30. The Bertz CT molecular complexity index is 855. The van der Waals surface area contributed by atoms with Gasteiger partial charge in [-0.2, -0.15) is 0 Å². The van der Waals surface area contributed by atoms with E-state index in [2.05, 4.69) is 21.2 Å². The smallest absolute Gasteiger partial charge is 0.311 e. The molecule has 1 atom stereocenters. The lowest BCUT2D eigenvalue weighted by molar-refractivity contribution is -0.151. The summed E-state index contributed by atoms with van der Waals surface area (Å²) >= 11 is 3.33. The number of hydrogen-bond acceptors (Lipinski definition) is 4. The summed E-state index contributed by atoms with van der Waals surface area (Å²) in [6, 6.07) is 12.4. The summed E-state index contributed by atoms with van der Waals surface area (Å²) in [5, 5.41) is 2.50. The Balaban J connectivity index is 1.51. The molecule has 2 aromatic carbocycles. The van der Waals surface area contributed by atoms with E-state index in [0.29, 0.717) is 11.4 Å². The van der Waals surface area contributed by atoms with Crippen molar-refractivity contribution in [3.05, 3.63) is 58.8 Å². The fraction of sp³-hybridized carbons (Fsp3) is 0.211. The molecule has 6 nitrogen and oxygen atoms in total. The number of amides is 2. The molecular weight excluding hydrogens is 419 g/mol. The molecule has 0 radical (unpaired) electrons. The molecule has 2 aromatic rings. The topological polar surface area (TPSA) is 75.7 Å². The second-order valence-electron chi connectivity index (χ2n) is 6.04. The van der Waals surface area contributed by atoms with Gasteiger partial charge in [0.1, 0.15) is 5.82 Å². The van der Waals surface area contributed by atoms with Crippen molar-refractivity contribution in [2.24, 2.45) is 5.92 Å². The van der Waals surface area contributed by atoms with E-state index >= 15 is 0 Å². The molecule has 3 rings (SSSR count). The molecule has 1 N–H and O–H groups in total. The molecule has 0 bridgehead atoms. The van der Waals surface area contributed by atoms with Crippen LogP contribution in [-0.2, 0) is 19.1 Å². The molecule has 1 heterocycles. The van der Waals surface area contributed by atoms with Gasteiger partial charge in [0.15, 0.2) is 6.61 Å². The van der Waals surface area contributed by atoms with Crippen molar-refractivity contribution in [2.75, 3.05) is 23.4 Å². The predicted molar refractivity (Wildman–Crippen MR) is 101 cm³/mol. The van der Waals surface area contributed by atoms with Gasteiger partial charge in [0, 0.05) is 28.8 Å². The van der Waals surface area contributed by atoms with E-state index in [1.54, 1.807) is 12.1 Å². The standard InChI is InChI=1S/C19H16BrFN2O4/c20-13-1-7-16(8-2-13)23-10-12(9-18(23)25)19(26)27-11-17(24)22-15-5-3-14(21)4-6-15/h1-8,12H,9-11H2,(H,22,24)/t12-/m1/s1. The van der Waals surface area contributed by atoms with Crippen LogP contribution in [0.25, 0.3) is 0 Å². The average molecular weight is 435 g/mol. The molecule has 8 heteroatoms. The first-order valence-corrected chi connectivity index (χ1v) is 8.99. The first-order chi connectivity index (χ1) is 12.9. The summed E-state index contributed by atoms with van der Waals surface area (Å²) in [6.07, 6.45) is 0.0362. The predicted octanol–water partition coefficient (Wildman–Crippen LogP) is 3.12. The highest BCUT2D eigenvalue weighted by atomic mass is 79.9. The average Bonchev–Trinajstić information content (AvgIpc) is 3.04. The van der Waals surface area contributed by atoms with E-state index in [9.17, 15) is 18.8 Å². The summed E-state index contributed by atoms with van der Waals surface area (Å²) in [5.41, 5.74) is 1.10. The van der Waals surface area contributed by atoms with Crippen LogP contribution in [-0.4, -0.2) is 30.9 Å². The second-order valence-corrected chi connectivity index (χ2v) is 6.96. The Labute approximate surface area is 163 Å². The molecular formula is C19H16BrFN2O4. The van der Waals surface area contributed by atoms with Crippen LogP contribution >= 0.6 is 15.9 Å². The van der Waals surface area contributed by atoms with E-state index < -0.39 is 30.2 Å². The number of nitrogens with zero attached hydrogens (tertiary/aromatic N) is 1. The number of anilines is 2. The molecule has 1 aliphatic heterocycles. The molecule has 1 saturated heterocycles. The van der Waals surface area contributed by atoms with Crippen molar-refractivity contribution in [1.29, 1.82) is 0 Å². The molecule has 1 fully saturated rings. The van der Waals surface area contributed by atoms with Crippen LogP contribution in [0.15, 0.2) is 53.0 Å². The maximum atomic E-state index is 12.8. The summed E-state index contributed by atoms with van der Waals surface area (Å²) < 4.78 is 18.8. The van der Waals surface area contributed by atoms with Gasteiger partial charge in [0.05, 0.1) is 5.92 Å². The zero-order valence-electron chi connectivity index (χ0n) is 14.2. The number of halogens is 2. The molecule has 2 amide bonds. The van der Waals surface area contributed by atoms with Gasteiger partial charge in [0.2, 0.25) is 5.91 Å². The number of hydrogen-bond donors (Lipinski definition) is 1. The molecule has 1 aliphatic rings. The molecule has 140 valence electrons. The van der Waals surface area contributed by atoms with E-state index in [1.165, 1.54) is 29.2 Å². The Morgan fingerprint density at radius 2 is 1.81 bits per heavy atom. The Hall–Kier alpha value is -2.74. The number of carbonyl (C=O) groups is 3. The quantitative estimate of drug-likeness (QED) is 0.733. The number of ether oxygens (including phenoxy) is 1. The van der Waals surface area contributed by atoms with Crippen molar-refractivity contribution in [3.8, 4) is 0 Å².